The Hall–Kier alpha value is -1.75. The van der Waals surface area contributed by atoms with E-state index in [1.54, 1.807) is 7.11 Å². The van der Waals surface area contributed by atoms with Crippen LogP contribution in [-0.2, 0) is 6.54 Å². The van der Waals surface area contributed by atoms with Crippen LogP contribution < -0.4 is 15.4 Å². The number of aliphatic imine (C=N–C) groups is 1. The predicted molar refractivity (Wildman–Crippen MR) is 105 cm³/mol. The molecule has 3 N–H and O–H groups in total. The molecular weight excluding hydrogens is 314 g/mol. The molecule has 0 aliphatic heterocycles. The van der Waals surface area contributed by atoms with Gasteiger partial charge >= 0.3 is 0 Å². The van der Waals surface area contributed by atoms with E-state index < -0.39 is 0 Å². The highest BCUT2D eigenvalue weighted by atomic mass is 16.5. The van der Waals surface area contributed by atoms with Crippen molar-refractivity contribution in [1.82, 2.24) is 10.6 Å². The van der Waals surface area contributed by atoms with E-state index in [4.69, 9.17) is 4.74 Å². The molecule has 1 atom stereocenters. The molecular formula is C20H35N3O2. The Morgan fingerprint density at radius 1 is 1.28 bits per heavy atom. The first-order valence-electron chi connectivity index (χ1n) is 9.26. The van der Waals surface area contributed by atoms with Crippen LogP contribution in [0.5, 0.6) is 5.75 Å². The van der Waals surface area contributed by atoms with E-state index >= 15 is 0 Å². The summed E-state index contributed by atoms with van der Waals surface area (Å²) in [6, 6.07) is 6.17. The van der Waals surface area contributed by atoms with Gasteiger partial charge in [-0.25, -0.2) is 4.99 Å². The van der Waals surface area contributed by atoms with Crippen LogP contribution in [0.1, 0.15) is 44.7 Å². The number of rotatable bonds is 10. The van der Waals surface area contributed by atoms with Crippen LogP contribution in [0.4, 0.5) is 0 Å². The number of ether oxygens (including phenoxy) is 1. The van der Waals surface area contributed by atoms with Crippen molar-refractivity contribution in [2.75, 3.05) is 26.8 Å². The summed E-state index contributed by atoms with van der Waals surface area (Å²) in [7, 11) is 1.69. The largest absolute Gasteiger partial charge is 0.496 e. The average molecular weight is 350 g/mol. The second-order valence-corrected chi connectivity index (χ2v) is 6.90. The van der Waals surface area contributed by atoms with Gasteiger partial charge in [0.2, 0.25) is 0 Å². The van der Waals surface area contributed by atoms with Crippen molar-refractivity contribution in [3.63, 3.8) is 0 Å². The number of methoxy groups -OCH3 is 1. The van der Waals surface area contributed by atoms with Crippen LogP contribution in [0.25, 0.3) is 0 Å². The molecule has 142 valence electrons. The van der Waals surface area contributed by atoms with E-state index in [1.165, 1.54) is 5.56 Å². The molecule has 0 saturated heterocycles. The zero-order valence-electron chi connectivity index (χ0n) is 16.4. The highest BCUT2D eigenvalue weighted by Crippen LogP contribution is 2.20. The van der Waals surface area contributed by atoms with Gasteiger partial charge in [-0.1, -0.05) is 26.0 Å². The van der Waals surface area contributed by atoms with E-state index in [-0.39, 0.29) is 6.61 Å². The van der Waals surface area contributed by atoms with Gasteiger partial charge in [-0.05, 0) is 50.2 Å². The van der Waals surface area contributed by atoms with Gasteiger partial charge in [-0.2, -0.15) is 0 Å². The van der Waals surface area contributed by atoms with Gasteiger partial charge in [0.05, 0.1) is 13.7 Å². The molecule has 0 fully saturated rings. The number of aliphatic hydroxyl groups excluding tert-OH is 1. The predicted octanol–water partition coefficient (Wildman–Crippen LogP) is 3.10. The summed E-state index contributed by atoms with van der Waals surface area (Å²) in [6.45, 7) is 11.0. The first-order chi connectivity index (χ1) is 12.0. The summed E-state index contributed by atoms with van der Waals surface area (Å²) >= 11 is 0. The van der Waals surface area contributed by atoms with Crippen molar-refractivity contribution in [3.05, 3.63) is 29.3 Å². The molecule has 1 aromatic carbocycles. The van der Waals surface area contributed by atoms with Crippen LogP contribution >= 0.6 is 0 Å². The fourth-order valence-corrected chi connectivity index (χ4v) is 2.88. The van der Waals surface area contributed by atoms with E-state index in [0.29, 0.717) is 18.4 Å². The number of hydrogen-bond acceptors (Lipinski definition) is 3. The third-order valence-electron chi connectivity index (χ3n) is 4.09. The van der Waals surface area contributed by atoms with Crippen molar-refractivity contribution < 1.29 is 9.84 Å². The molecule has 1 unspecified atom stereocenters. The Bertz CT molecular complexity index is 530. The summed E-state index contributed by atoms with van der Waals surface area (Å²) in [5.41, 5.74) is 2.24. The lowest BCUT2D eigenvalue weighted by Gasteiger charge is -2.20. The minimum absolute atomic E-state index is 0.229. The van der Waals surface area contributed by atoms with E-state index in [9.17, 15) is 5.11 Å². The molecule has 0 amide bonds. The molecule has 1 rings (SSSR count). The van der Waals surface area contributed by atoms with Crippen LogP contribution in [-0.4, -0.2) is 37.9 Å². The molecule has 0 aliphatic carbocycles. The molecule has 0 radical (unpaired) electrons. The van der Waals surface area contributed by atoms with Crippen LogP contribution in [0.2, 0.25) is 0 Å². The van der Waals surface area contributed by atoms with Crippen LogP contribution in [0, 0.1) is 18.8 Å². The number of nitrogens with zero attached hydrogens (tertiary/aromatic N) is 1. The molecule has 0 saturated carbocycles. The summed E-state index contributed by atoms with van der Waals surface area (Å²) in [6.07, 6.45) is 1.91. The zero-order valence-corrected chi connectivity index (χ0v) is 16.4. The maximum Gasteiger partial charge on any atom is 0.191 e. The Labute approximate surface area is 152 Å². The van der Waals surface area contributed by atoms with Crippen LogP contribution in [0.15, 0.2) is 23.2 Å². The second-order valence-electron chi connectivity index (χ2n) is 6.90. The van der Waals surface area contributed by atoms with Gasteiger partial charge in [-0.15, -0.1) is 0 Å². The maximum atomic E-state index is 9.26. The number of nitrogens with one attached hydrogen (secondary N) is 2. The van der Waals surface area contributed by atoms with Crippen molar-refractivity contribution in [1.29, 1.82) is 0 Å². The Morgan fingerprint density at radius 3 is 2.64 bits per heavy atom. The standard InChI is InChI=1S/C20H35N3O2/c1-6-21-20(22-13-17(9-10-24)11-15(2)3)23-14-18-8-7-16(4)12-19(18)25-5/h7-8,12,15,17,24H,6,9-11,13-14H2,1-5H3,(H2,21,22,23). The van der Waals surface area contributed by atoms with Gasteiger partial charge in [0, 0.05) is 25.3 Å². The lowest BCUT2D eigenvalue weighted by Crippen LogP contribution is -2.40. The molecule has 25 heavy (non-hydrogen) atoms. The molecule has 0 bridgehead atoms. The third kappa shape index (κ3) is 8.25. The highest BCUT2D eigenvalue weighted by molar-refractivity contribution is 5.79. The molecule has 0 aliphatic rings. The van der Waals surface area contributed by atoms with Gasteiger partial charge in [0.25, 0.3) is 0 Å². The number of benzene rings is 1. The first kappa shape index (κ1) is 21.3. The van der Waals surface area contributed by atoms with Gasteiger partial charge in [0.15, 0.2) is 5.96 Å². The SMILES string of the molecule is CCNC(=NCc1ccc(C)cc1OC)NCC(CCO)CC(C)C. The van der Waals surface area contributed by atoms with Gasteiger partial charge in [0.1, 0.15) is 5.75 Å². The number of aryl methyl sites for hydroxylation is 1. The summed E-state index contributed by atoms with van der Waals surface area (Å²) in [5, 5.41) is 16.0. The number of aliphatic hydroxyl groups is 1. The van der Waals surface area contributed by atoms with E-state index in [2.05, 4.69) is 55.5 Å². The first-order valence-corrected chi connectivity index (χ1v) is 9.26. The summed E-state index contributed by atoms with van der Waals surface area (Å²) in [5.74, 6) is 2.74. The Morgan fingerprint density at radius 2 is 2.04 bits per heavy atom. The fraction of sp³-hybridized carbons (Fsp3) is 0.650. The molecule has 0 spiro atoms. The zero-order chi connectivity index (χ0) is 18.7. The Kier molecular flexibility index (Phi) is 10.0. The minimum atomic E-state index is 0.229. The molecule has 5 nitrogen and oxygen atoms in total. The monoisotopic (exact) mass is 349 g/mol. The topological polar surface area (TPSA) is 65.9 Å². The summed E-state index contributed by atoms with van der Waals surface area (Å²) < 4.78 is 5.45. The quantitative estimate of drug-likeness (QED) is 0.448. The van der Waals surface area contributed by atoms with Crippen molar-refractivity contribution in [3.8, 4) is 5.75 Å². The smallest absolute Gasteiger partial charge is 0.191 e. The summed E-state index contributed by atoms with van der Waals surface area (Å²) in [4.78, 5) is 4.69. The van der Waals surface area contributed by atoms with Crippen molar-refractivity contribution >= 4 is 5.96 Å². The second kappa shape index (κ2) is 11.7. The van der Waals surface area contributed by atoms with Crippen molar-refractivity contribution in [2.45, 2.75) is 47.1 Å². The third-order valence-corrected chi connectivity index (χ3v) is 4.09. The van der Waals surface area contributed by atoms with Crippen LogP contribution in [0.3, 0.4) is 0 Å². The highest BCUT2D eigenvalue weighted by Gasteiger charge is 2.11. The number of guanidine groups is 1. The van der Waals surface area contributed by atoms with E-state index in [0.717, 1.165) is 43.2 Å². The number of hydrogen-bond donors (Lipinski definition) is 3. The molecule has 0 heterocycles. The lowest BCUT2D eigenvalue weighted by molar-refractivity contribution is 0.243. The normalized spacial score (nSPS) is 13.0. The molecule has 1 aromatic rings. The van der Waals surface area contributed by atoms with E-state index in [1.807, 2.05) is 6.07 Å². The van der Waals surface area contributed by atoms with Gasteiger partial charge < -0.3 is 20.5 Å². The Balaban J connectivity index is 2.73. The minimum Gasteiger partial charge on any atom is -0.496 e. The fourth-order valence-electron chi connectivity index (χ4n) is 2.88. The van der Waals surface area contributed by atoms with Crippen molar-refractivity contribution in [2.24, 2.45) is 16.8 Å². The molecule has 0 aromatic heterocycles. The van der Waals surface area contributed by atoms with Gasteiger partial charge in [-0.3, -0.25) is 0 Å². The maximum absolute atomic E-state index is 9.26. The average Bonchev–Trinajstić information content (AvgIpc) is 2.57. The lowest BCUT2D eigenvalue weighted by atomic mass is 9.94. The molecule has 5 heteroatoms.